The van der Waals surface area contributed by atoms with Crippen LogP contribution in [0.1, 0.15) is 39.5 Å². The van der Waals surface area contributed by atoms with Crippen molar-refractivity contribution in [2.75, 3.05) is 26.3 Å². The molecule has 1 aliphatic heterocycles. The Balaban J connectivity index is 2.44. The minimum absolute atomic E-state index is 0.190. The zero-order valence-electron chi connectivity index (χ0n) is 12.5. The maximum atomic E-state index is 11.9. The van der Waals surface area contributed by atoms with Gasteiger partial charge < -0.3 is 15.0 Å². The number of likely N-dealkylation sites (tertiary alicyclic amines) is 1. The molecule has 1 saturated heterocycles. The number of nitrogens with zero attached hydrogens (tertiary/aromatic N) is 2. The molecule has 20 heavy (non-hydrogen) atoms. The molecule has 0 aromatic heterocycles. The van der Waals surface area contributed by atoms with Crippen molar-refractivity contribution in [2.24, 2.45) is 0 Å². The fourth-order valence-electron chi connectivity index (χ4n) is 2.23. The first kappa shape index (κ1) is 16.5. The lowest BCUT2D eigenvalue weighted by Crippen LogP contribution is -2.35. The number of ether oxygens (including phenoxy) is 1. The summed E-state index contributed by atoms with van der Waals surface area (Å²) >= 11 is 0. The number of hydrogen-bond acceptors (Lipinski definition) is 4. The van der Waals surface area contributed by atoms with E-state index < -0.39 is 0 Å². The minimum Gasteiger partial charge on any atom is -0.382 e. The van der Waals surface area contributed by atoms with Gasteiger partial charge in [0.15, 0.2) is 0 Å². The van der Waals surface area contributed by atoms with E-state index in [-0.39, 0.29) is 11.5 Å². The van der Waals surface area contributed by atoms with Crippen molar-refractivity contribution in [1.29, 1.82) is 5.26 Å². The van der Waals surface area contributed by atoms with E-state index in [1.54, 1.807) is 6.20 Å². The Morgan fingerprint density at radius 3 is 3.00 bits per heavy atom. The van der Waals surface area contributed by atoms with Crippen molar-refractivity contribution >= 4 is 5.91 Å². The zero-order chi connectivity index (χ0) is 14.8. The molecule has 5 heteroatoms. The first-order chi connectivity index (χ1) is 9.69. The van der Waals surface area contributed by atoms with Gasteiger partial charge in [0.1, 0.15) is 11.6 Å². The Kier molecular flexibility index (Phi) is 7.74. The molecule has 1 heterocycles. The number of nitriles is 1. The predicted molar refractivity (Wildman–Crippen MR) is 77.8 cm³/mol. The Morgan fingerprint density at radius 1 is 1.55 bits per heavy atom. The van der Waals surface area contributed by atoms with E-state index in [9.17, 15) is 4.79 Å². The van der Waals surface area contributed by atoms with Crippen LogP contribution in [-0.2, 0) is 9.53 Å². The summed E-state index contributed by atoms with van der Waals surface area (Å²) in [6, 6.07) is 2.40. The molecule has 0 radical (unpaired) electrons. The van der Waals surface area contributed by atoms with E-state index >= 15 is 0 Å². The van der Waals surface area contributed by atoms with Gasteiger partial charge in [-0.05, 0) is 39.5 Å². The van der Waals surface area contributed by atoms with Crippen LogP contribution in [0.25, 0.3) is 0 Å². The number of piperidine rings is 1. The first-order valence-corrected chi connectivity index (χ1v) is 7.42. The smallest absolute Gasteiger partial charge is 0.263 e. The minimum atomic E-state index is -0.290. The molecule has 0 aliphatic carbocycles. The topological polar surface area (TPSA) is 65.4 Å². The molecule has 1 unspecified atom stereocenters. The van der Waals surface area contributed by atoms with Crippen LogP contribution in [-0.4, -0.2) is 43.2 Å². The van der Waals surface area contributed by atoms with Gasteiger partial charge in [-0.15, -0.1) is 0 Å². The Hall–Kier alpha value is -1.54. The van der Waals surface area contributed by atoms with Gasteiger partial charge in [-0.1, -0.05) is 0 Å². The molecule has 1 rings (SSSR count). The van der Waals surface area contributed by atoms with Gasteiger partial charge in [0.2, 0.25) is 0 Å². The average molecular weight is 279 g/mol. The largest absolute Gasteiger partial charge is 0.382 e. The third kappa shape index (κ3) is 5.62. The van der Waals surface area contributed by atoms with Crippen molar-refractivity contribution in [3.8, 4) is 6.07 Å². The molecule has 5 nitrogen and oxygen atoms in total. The lowest BCUT2D eigenvalue weighted by Gasteiger charge is -2.32. The lowest BCUT2D eigenvalue weighted by molar-refractivity contribution is -0.117. The molecule has 0 saturated carbocycles. The number of rotatable bonds is 7. The molecule has 0 aromatic rings. The van der Waals surface area contributed by atoms with Gasteiger partial charge in [-0.25, -0.2) is 0 Å². The second kappa shape index (κ2) is 9.38. The van der Waals surface area contributed by atoms with Crippen molar-refractivity contribution in [3.05, 3.63) is 11.8 Å². The first-order valence-electron chi connectivity index (χ1n) is 7.42. The normalized spacial score (nSPS) is 19.6. The third-order valence-electron chi connectivity index (χ3n) is 3.47. The average Bonchev–Trinajstić information content (AvgIpc) is 2.46. The molecule has 112 valence electrons. The summed E-state index contributed by atoms with van der Waals surface area (Å²) in [5, 5.41) is 11.9. The van der Waals surface area contributed by atoms with Crippen LogP contribution < -0.4 is 5.32 Å². The van der Waals surface area contributed by atoms with Crippen LogP contribution in [0.5, 0.6) is 0 Å². The van der Waals surface area contributed by atoms with Crippen LogP contribution >= 0.6 is 0 Å². The van der Waals surface area contributed by atoms with E-state index in [1.807, 2.05) is 13.0 Å². The molecule has 0 aromatic carbocycles. The van der Waals surface area contributed by atoms with E-state index in [0.717, 1.165) is 25.8 Å². The van der Waals surface area contributed by atoms with Crippen LogP contribution in [0.2, 0.25) is 0 Å². The summed E-state index contributed by atoms with van der Waals surface area (Å²) in [6.45, 7) is 6.84. The molecule has 1 atom stereocenters. The van der Waals surface area contributed by atoms with Crippen LogP contribution in [0.4, 0.5) is 0 Å². The lowest BCUT2D eigenvalue weighted by atomic mass is 10.0. The number of nitrogens with one attached hydrogen (secondary N) is 1. The molecule has 1 amide bonds. The number of carbonyl (C=O) groups excluding carboxylic acids is 1. The Bertz CT molecular complexity index is 374. The van der Waals surface area contributed by atoms with Gasteiger partial charge in [0.05, 0.1) is 0 Å². The predicted octanol–water partition coefficient (Wildman–Crippen LogP) is 1.81. The van der Waals surface area contributed by atoms with Crippen LogP contribution in [0.3, 0.4) is 0 Å². The fourth-order valence-corrected chi connectivity index (χ4v) is 2.23. The maximum absolute atomic E-state index is 11.9. The highest BCUT2D eigenvalue weighted by Gasteiger charge is 2.17. The molecule has 1 aliphatic rings. The van der Waals surface area contributed by atoms with Crippen molar-refractivity contribution in [2.45, 2.75) is 45.6 Å². The molecular formula is C15H25N3O2. The summed E-state index contributed by atoms with van der Waals surface area (Å²) in [4.78, 5) is 14.0. The monoisotopic (exact) mass is 279 g/mol. The molecule has 1 N–H and O–H groups in total. The SMILES string of the molecule is CCOCCCNC(=O)/C(C#N)=C\N1CCCCC1C. The number of carbonyl (C=O) groups is 1. The van der Waals surface area contributed by atoms with E-state index in [1.165, 1.54) is 6.42 Å². The molecule has 1 fully saturated rings. The summed E-state index contributed by atoms with van der Waals surface area (Å²) < 4.78 is 5.20. The zero-order valence-corrected chi connectivity index (χ0v) is 12.5. The van der Waals surface area contributed by atoms with Crippen molar-refractivity contribution in [3.63, 3.8) is 0 Å². The van der Waals surface area contributed by atoms with Crippen molar-refractivity contribution < 1.29 is 9.53 Å². The molecular weight excluding hydrogens is 254 g/mol. The highest BCUT2D eigenvalue weighted by atomic mass is 16.5. The Morgan fingerprint density at radius 2 is 2.35 bits per heavy atom. The number of hydrogen-bond donors (Lipinski definition) is 1. The van der Waals surface area contributed by atoms with Crippen molar-refractivity contribution in [1.82, 2.24) is 10.2 Å². The maximum Gasteiger partial charge on any atom is 0.263 e. The quantitative estimate of drug-likeness (QED) is 0.438. The van der Waals surface area contributed by atoms with Gasteiger partial charge in [-0.2, -0.15) is 5.26 Å². The third-order valence-corrected chi connectivity index (χ3v) is 3.47. The van der Waals surface area contributed by atoms with Gasteiger partial charge in [-0.3, -0.25) is 4.79 Å². The van der Waals surface area contributed by atoms with Gasteiger partial charge >= 0.3 is 0 Å². The highest BCUT2D eigenvalue weighted by Crippen LogP contribution is 2.17. The fraction of sp³-hybridized carbons (Fsp3) is 0.733. The van der Waals surface area contributed by atoms with Gasteiger partial charge in [0, 0.05) is 38.5 Å². The summed E-state index contributed by atoms with van der Waals surface area (Å²) in [5.74, 6) is -0.290. The van der Waals surface area contributed by atoms with Crippen LogP contribution in [0, 0.1) is 11.3 Å². The second-order valence-corrected chi connectivity index (χ2v) is 5.04. The van der Waals surface area contributed by atoms with E-state index in [2.05, 4.69) is 17.1 Å². The molecule has 0 spiro atoms. The summed E-state index contributed by atoms with van der Waals surface area (Å²) in [5.41, 5.74) is 0.190. The van der Waals surface area contributed by atoms with Crippen LogP contribution in [0.15, 0.2) is 11.8 Å². The molecule has 0 bridgehead atoms. The van der Waals surface area contributed by atoms with E-state index in [4.69, 9.17) is 10.00 Å². The Labute approximate surface area is 121 Å². The number of amides is 1. The second-order valence-electron chi connectivity index (χ2n) is 5.04. The van der Waals surface area contributed by atoms with E-state index in [0.29, 0.717) is 25.8 Å². The standard InChI is InChI=1S/C15H25N3O2/c1-3-20-10-6-8-17-15(19)14(11-16)12-18-9-5-4-7-13(18)2/h12-13H,3-10H2,1-2H3,(H,17,19)/b14-12-. The highest BCUT2D eigenvalue weighted by molar-refractivity contribution is 5.97. The summed E-state index contributed by atoms with van der Waals surface area (Å²) in [7, 11) is 0. The van der Waals surface area contributed by atoms with Gasteiger partial charge in [0.25, 0.3) is 5.91 Å². The summed E-state index contributed by atoms with van der Waals surface area (Å²) in [6.07, 6.45) is 5.93.